The van der Waals surface area contributed by atoms with E-state index in [2.05, 4.69) is 50.3 Å². The lowest BCUT2D eigenvalue weighted by atomic mass is 10.0. The molecule has 0 aromatic rings. The van der Waals surface area contributed by atoms with Crippen LogP contribution in [0.1, 0.15) is 380 Å². The summed E-state index contributed by atoms with van der Waals surface area (Å²) in [5, 5.41) is 11.8. The summed E-state index contributed by atoms with van der Waals surface area (Å²) in [6.07, 6.45) is 84.0. The first-order valence-electron chi connectivity index (χ1n) is 37.6. The van der Waals surface area contributed by atoms with E-state index in [1.54, 1.807) is 0 Å². The molecule has 0 radical (unpaired) electrons. The van der Waals surface area contributed by atoms with Crippen LogP contribution in [0.25, 0.3) is 0 Å². The van der Waals surface area contributed by atoms with E-state index >= 15 is 0 Å². The van der Waals surface area contributed by atoms with Crippen molar-refractivity contribution >= 4 is 17.9 Å². The third-order valence-corrected chi connectivity index (χ3v) is 17.1. The monoisotopic (exact) mass is 1210 g/mol. The van der Waals surface area contributed by atoms with Crippen molar-refractivity contribution in [3.63, 3.8) is 0 Å². The Morgan fingerprint density at radius 1 is 0.349 bits per heavy atom. The zero-order valence-electron chi connectivity index (χ0n) is 58.0. The van der Waals surface area contributed by atoms with Crippen LogP contribution in [-0.2, 0) is 33.3 Å². The molecular weight excluding hydrogens is 1070 g/mol. The van der Waals surface area contributed by atoms with Gasteiger partial charge in [-0.25, -0.2) is 0 Å². The molecule has 0 fully saturated rings. The van der Waals surface area contributed by atoms with Crippen molar-refractivity contribution in [2.75, 3.05) is 47.5 Å². The highest BCUT2D eigenvalue weighted by Crippen LogP contribution is 2.19. The first-order valence-corrected chi connectivity index (χ1v) is 37.6. The zero-order valence-corrected chi connectivity index (χ0v) is 58.0. The lowest BCUT2D eigenvalue weighted by molar-refractivity contribution is -0.870. The van der Waals surface area contributed by atoms with Crippen LogP contribution in [0.3, 0.4) is 0 Å². The van der Waals surface area contributed by atoms with Crippen LogP contribution in [0.4, 0.5) is 0 Å². The van der Waals surface area contributed by atoms with Gasteiger partial charge in [0, 0.05) is 12.8 Å². The van der Waals surface area contributed by atoms with Gasteiger partial charge in [-0.3, -0.25) is 9.59 Å². The van der Waals surface area contributed by atoms with E-state index in [1.165, 1.54) is 295 Å². The molecule has 0 aromatic carbocycles. The maximum atomic E-state index is 12.9. The fourth-order valence-corrected chi connectivity index (χ4v) is 11.4. The SMILES string of the molecule is CCCCCCC/C=C\C/C=C\C/C=C\CCCCCCCCCCCCCCC(=O)OC(COC(=O)CCCCCCCCCCCCCCCCCCCCCCCCCCCCCCCCCCCC)COC(OCC[N+](C)(C)C)C(=O)[O-]. The number of esters is 2. The summed E-state index contributed by atoms with van der Waals surface area (Å²) in [5.41, 5.74) is 0. The van der Waals surface area contributed by atoms with Crippen molar-refractivity contribution in [1.29, 1.82) is 0 Å². The fraction of sp³-hybridized carbons (Fsp3) is 0.883. The van der Waals surface area contributed by atoms with Crippen LogP contribution in [-0.4, -0.2) is 82.3 Å². The lowest BCUT2D eigenvalue weighted by Crippen LogP contribution is -2.44. The van der Waals surface area contributed by atoms with Crippen molar-refractivity contribution in [3.8, 4) is 0 Å². The Morgan fingerprint density at radius 2 is 0.628 bits per heavy atom. The molecule has 0 bridgehead atoms. The predicted octanol–water partition coefficient (Wildman–Crippen LogP) is 22.2. The first-order chi connectivity index (χ1) is 42.1. The van der Waals surface area contributed by atoms with Crippen molar-refractivity contribution in [2.45, 2.75) is 392 Å². The second-order valence-corrected chi connectivity index (χ2v) is 27.0. The summed E-state index contributed by atoms with van der Waals surface area (Å²) in [6.45, 7) is 4.81. The molecule has 9 heteroatoms. The first kappa shape index (κ1) is 83.5. The van der Waals surface area contributed by atoms with Crippen molar-refractivity contribution in [2.24, 2.45) is 0 Å². The molecule has 0 heterocycles. The van der Waals surface area contributed by atoms with Crippen LogP contribution in [0.15, 0.2) is 36.5 Å². The van der Waals surface area contributed by atoms with Gasteiger partial charge in [0.1, 0.15) is 13.2 Å². The number of rotatable bonds is 71. The topological polar surface area (TPSA) is 111 Å². The summed E-state index contributed by atoms with van der Waals surface area (Å²) in [7, 11) is 5.94. The lowest BCUT2D eigenvalue weighted by Gasteiger charge is -2.26. The largest absolute Gasteiger partial charge is 0.545 e. The molecular formula is C77H145NO8. The van der Waals surface area contributed by atoms with Gasteiger partial charge < -0.3 is 33.3 Å². The molecule has 0 rings (SSSR count). The molecule has 9 nitrogen and oxygen atoms in total. The summed E-state index contributed by atoms with van der Waals surface area (Å²) in [6, 6.07) is 0. The number of hydrogen-bond acceptors (Lipinski definition) is 8. The van der Waals surface area contributed by atoms with Crippen LogP contribution in [0.5, 0.6) is 0 Å². The number of likely N-dealkylation sites (N-methyl/N-ethyl adjacent to an activating group) is 1. The molecule has 0 spiro atoms. The van der Waals surface area contributed by atoms with E-state index in [0.29, 0.717) is 23.9 Å². The molecule has 0 saturated heterocycles. The fourth-order valence-electron chi connectivity index (χ4n) is 11.4. The van der Waals surface area contributed by atoms with E-state index in [1.807, 2.05) is 21.1 Å². The quantitative estimate of drug-likeness (QED) is 0.0195. The molecule has 0 saturated carbocycles. The number of carbonyl (C=O) groups is 3. The average Bonchev–Trinajstić information content (AvgIpc) is 3.64. The number of hydrogen-bond donors (Lipinski definition) is 0. The highest BCUT2D eigenvalue weighted by molar-refractivity contribution is 5.70. The number of nitrogens with zero attached hydrogens (tertiary/aromatic N) is 1. The van der Waals surface area contributed by atoms with Crippen molar-refractivity contribution in [1.82, 2.24) is 0 Å². The number of carbonyl (C=O) groups excluding carboxylic acids is 3. The number of aliphatic carboxylic acids is 1. The third kappa shape index (κ3) is 69.0. The molecule has 86 heavy (non-hydrogen) atoms. The minimum absolute atomic E-state index is 0.149. The number of unbranched alkanes of at least 4 members (excludes halogenated alkanes) is 50. The number of ether oxygens (including phenoxy) is 4. The summed E-state index contributed by atoms with van der Waals surface area (Å²) >= 11 is 0. The second-order valence-electron chi connectivity index (χ2n) is 27.0. The number of quaternary nitrogens is 1. The highest BCUT2D eigenvalue weighted by atomic mass is 16.7. The maximum Gasteiger partial charge on any atom is 0.306 e. The minimum Gasteiger partial charge on any atom is -0.545 e. The zero-order chi connectivity index (χ0) is 62.6. The summed E-state index contributed by atoms with van der Waals surface area (Å²) in [4.78, 5) is 37.5. The highest BCUT2D eigenvalue weighted by Gasteiger charge is 2.22. The Bertz CT molecular complexity index is 1500. The molecule has 0 amide bonds. The van der Waals surface area contributed by atoms with Crippen molar-refractivity contribution < 1.29 is 42.9 Å². The molecule has 0 aromatic heterocycles. The van der Waals surface area contributed by atoms with Gasteiger partial charge in [0.15, 0.2) is 12.4 Å². The van der Waals surface area contributed by atoms with Gasteiger partial charge in [-0.1, -0.05) is 352 Å². The third-order valence-electron chi connectivity index (χ3n) is 17.1. The van der Waals surface area contributed by atoms with E-state index in [4.69, 9.17) is 18.9 Å². The Hall–Kier alpha value is -2.49. The number of carboxylic acids is 1. The minimum atomic E-state index is -1.62. The Kier molecular flexibility index (Phi) is 66.4. The Morgan fingerprint density at radius 3 is 0.930 bits per heavy atom. The van der Waals surface area contributed by atoms with Crippen LogP contribution in [0.2, 0.25) is 0 Å². The number of carboxylic acid groups (broad SMARTS) is 1. The van der Waals surface area contributed by atoms with E-state index in [9.17, 15) is 19.5 Å². The standard InChI is InChI=1S/C77H145NO8/c1-6-8-10-12-14-16-18-20-22-24-26-28-30-32-34-35-36-37-38-39-40-42-43-45-47-49-51-53-55-57-59-61-63-65-67-74(79)84-71-73(72-85-77(76(81)82)83-70-69-78(3,4)5)86-75(80)68-66-64-62-60-58-56-54-52-50-48-46-44-41-33-31-29-27-25-23-21-19-17-15-13-11-9-7-2/h19,21,25,27,31,33,73,77H,6-18,20,22-24,26,28-30,32,34-72H2,1-5H3/b21-19-,27-25-,33-31-. The predicted molar refractivity (Wildman–Crippen MR) is 366 cm³/mol. The molecule has 0 aliphatic rings. The summed E-state index contributed by atoms with van der Waals surface area (Å²) < 4.78 is 22.8. The van der Waals surface area contributed by atoms with Gasteiger partial charge in [-0.15, -0.1) is 0 Å². The Labute approximate surface area is 534 Å². The van der Waals surface area contributed by atoms with E-state index in [0.717, 1.165) is 51.4 Å². The van der Waals surface area contributed by atoms with Crippen molar-refractivity contribution in [3.05, 3.63) is 36.5 Å². The van der Waals surface area contributed by atoms with Crippen LogP contribution < -0.4 is 5.11 Å². The van der Waals surface area contributed by atoms with Gasteiger partial charge in [-0.2, -0.15) is 0 Å². The average molecular weight is 1210 g/mol. The molecule has 0 N–H and O–H groups in total. The molecule has 506 valence electrons. The number of allylic oxidation sites excluding steroid dienone is 6. The molecule has 0 aliphatic carbocycles. The molecule has 2 atom stereocenters. The normalized spacial score (nSPS) is 12.8. The summed E-state index contributed by atoms with van der Waals surface area (Å²) in [5.74, 6) is -2.26. The van der Waals surface area contributed by atoms with Gasteiger partial charge >= 0.3 is 11.9 Å². The molecule has 2 unspecified atom stereocenters. The Balaban J connectivity index is 4.01. The van der Waals surface area contributed by atoms with Gasteiger partial charge in [-0.05, 0) is 51.4 Å². The van der Waals surface area contributed by atoms with Crippen LogP contribution >= 0.6 is 0 Å². The maximum absolute atomic E-state index is 12.9. The van der Waals surface area contributed by atoms with Gasteiger partial charge in [0.25, 0.3) is 0 Å². The molecule has 0 aliphatic heterocycles. The van der Waals surface area contributed by atoms with E-state index in [-0.39, 0.29) is 32.2 Å². The smallest absolute Gasteiger partial charge is 0.306 e. The van der Waals surface area contributed by atoms with Crippen LogP contribution in [0, 0.1) is 0 Å². The van der Waals surface area contributed by atoms with Gasteiger partial charge in [0.2, 0.25) is 0 Å². The van der Waals surface area contributed by atoms with E-state index < -0.39 is 24.3 Å². The van der Waals surface area contributed by atoms with Gasteiger partial charge in [0.05, 0.1) is 40.3 Å². The second kappa shape index (κ2) is 68.4.